The number of nitrogens with one attached hydrogen (secondary N) is 1. The van der Waals surface area contributed by atoms with Crippen LogP contribution in [0.5, 0.6) is 0 Å². The van der Waals surface area contributed by atoms with Gasteiger partial charge in [0.15, 0.2) is 0 Å². The maximum atomic E-state index is 12.1. The van der Waals surface area contributed by atoms with E-state index < -0.39 is 0 Å². The molecule has 2 aliphatic heterocycles. The highest BCUT2D eigenvalue weighted by molar-refractivity contribution is 5.80. The molecule has 1 amide bonds. The maximum absolute atomic E-state index is 12.1. The molecule has 0 radical (unpaired) electrons. The Kier molecular flexibility index (Phi) is 3.09. The van der Waals surface area contributed by atoms with E-state index in [1.807, 2.05) is 4.90 Å². The lowest BCUT2D eigenvalue weighted by Gasteiger charge is -2.39. The third-order valence-corrected chi connectivity index (χ3v) is 4.47. The van der Waals surface area contributed by atoms with E-state index in [-0.39, 0.29) is 12.0 Å². The van der Waals surface area contributed by atoms with E-state index in [0.29, 0.717) is 11.8 Å². The molecular formula is C13H22N2O2. The fourth-order valence-corrected chi connectivity index (χ4v) is 2.95. The number of carbonyl (C=O) groups is 1. The molecule has 0 spiro atoms. The average Bonchev–Trinajstić information content (AvgIpc) is 3.02. The van der Waals surface area contributed by atoms with E-state index in [1.165, 1.54) is 12.8 Å². The molecular weight excluding hydrogens is 216 g/mol. The van der Waals surface area contributed by atoms with Crippen molar-refractivity contribution in [2.24, 2.45) is 17.8 Å². The predicted molar refractivity (Wildman–Crippen MR) is 64.4 cm³/mol. The zero-order valence-corrected chi connectivity index (χ0v) is 10.3. The summed E-state index contributed by atoms with van der Waals surface area (Å²) in [5.74, 6) is 1.66. The lowest BCUT2D eigenvalue weighted by atomic mass is 9.88. The Morgan fingerprint density at radius 3 is 2.65 bits per heavy atom. The van der Waals surface area contributed by atoms with Crippen molar-refractivity contribution in [3.05, 3.63) is 0 Å². The van der Waals surface area contributed by atoms with E-state index in [2.05, 4.69) is 5.32 Å². The van der Waals surface area contributed by atoms with Gasteiger partial charge in [-0.3, -0.25) is 4.79 Å². The largest absolute Gasteiger partial charge is 0.393 e. The summed E-state index contributed by atoms with van der Waals surface area (Å²) in [7, 11) is 0. The molecule has 4 heteroatoms. The molecule has 3 fully saturated rings. The molecule has 0 aromatic heterocycles. The van der Waals surface area contributed by atoms with Gasteiger partial charge in [-0.25, -0.2) is 0 Å². The van der Waals surface area contributed by atoms with Crippen molar-refractivity contribution in [3.8, 4) is 0 Å². The minimum atomic E-state index is -0.181. The summed E-state index contributed by atoms with van der Waals surface area (Å²) >= 11 is 0. The first-order valence-corrected chi connectivity index (χ1v) is 6.91. The van der Waals surface area contributed by atoms with Gasteiger partial charge in [0.1, 0.15) is 0 Å². The lowest BCUT2D eigenvalue weighted by Crippen LogP contribution is -2.55. The Bertz CT molecular complexity index is 300. The maximum Gasteiger partial charge on any atom is 0.228 e. The molecule has 2 saturated heterocycles. The Balaban J connectivity index is 1.56. The second-order valence-corrected chi connectivity index (χ2v) is 5.93. The molecule has 0 unspecified atom stereocenters. The highest BCUT2D eigenvalue weighted by Crippen LogP contribution is 2.38. The number of amides is 1. The fourth-order valence-electron chi connectivity index (χ4n) is 2.95. The zero-order chi connectivity index (χ0) is 11.8. The highest BCUT2D eigenvalue weighted by atomic mass is 16.3. The number of nitrogens with zero attached hydrogens (tertiary/aromatic N) is 1. The molecule has 2 N–H and O–H groups in total. The van der Waals surface area contributed by atoms with E-state index >= 15 is 0 Å². The molecule has 3 rings (SSSR count). The van der Waals surface area contributed by atoms with Crippen molar-refractivity contribution in [2.45, 2.75) is 31.8 Å². The van der Waals surface area contributed by atoms with E-state index in [9.17, 15) is 9.90 Å². The summed E-state index contributed by atoms with van der Waals surface area (Å²) in [5.41, 5.74) is 0. The molecule has 0 aromatic rings. The molecule has 2 heterocycles. The third-order valence-electron chi connectivity index (χ3n) is 4.47. The summed E-state index contributed by atoms with van der Waals surface area (Å²) in [4.78, 5) is 14.1. The van der Waals surface area contributed by atoms with Crippen LogP contribution in [0.2, 0.25) is 0 Å². The van der Waals surface area contributed by atoms with E-state index in [1.54, 1.807) is 0 Å². The molecule has 2 atom stereocenters. The molecule has 96 valence electrons. The van der Waals surface area contributed by atoms with Crippen LogP contribution in [-0.4, -0.2) is 48.2 Å². The van der Waals surface area contributed by atoms with Crippen LogP contribution in [0.1, 0.15) is 25.7 Å². The van der Waals surface area contributed by atoms with Gasteiger partial charge in [0, 0.05) is 32.1 Å². The monoisotopic (exact) mass is 238 g/mol. The van der Waals surface area contributed by atoms with Gasteiger partial charge in [-0.15, -0.1) is 0 Å². The zero-order valence-electron chi connectivity index (χ0n) is 10.3. The van der Waals surface area contributed by atoms with Crippen LogP contribution in [0.15, 0.2) is 0 Å². The van der Waals surface area contributed by atoms with Gasteiger partial charge in [0.25, 0.3) is 0 Å². The lowest BCUT2D eigenvalue weighted by molar-refractivity contribution is -0.141. The SMILES string of the molecule is O=C(C1CNC1)N1CC[C@@H](O)[C@H](CC2CC2)C1. The summed E-state index contributed by atoms with van der Waals surface area (Å²) in [6.45, 7) is 3.21. The van der Waals surface area contributed by atoms with Crippen LogP contribution in [-0.2, 0) is 4.79 Å². The number of rotatable bonds is 3. The number of hydrogen-bond acceptors (Lipinski definition) is 3. The first-order valence-electron chi connectivity index (χ1n) is 6.91. The second-order valence-electron chi connectivity index (χ2n) is 5.93. The quantitative estimate of drug-likeness (QED) is 0.739. The topological polar surface area (TPSA) is 52.6 Å². The molecule has 1 aliphatic carbocycles. The van der Waals surface area contributed by atoms with E-state index in [4.69, 9.17) is 0 Å². The number of hydrogen-bond donors (Lipinski definition) is 2. The van der Waals surface area contributed by atoms with Crippen LogP contribution in [0.3, 0.4) is 0 Å². The van der Waals surface area contributed by atoms with Crippen LogP contribution in [0, 0.1) is 17.8 Å². The standard InChI is InChI=1S/C13H22N2O2/c16-12-3-4-15(13(17)11-6-14-7-11)8-10(12)5-9-1-2-9/h9-12,14,16H,1-8H2/t10-,12-/m1/s1. The van der Waals surface area contributed by atoms with Gasteiger partial charge in [0.05, 0.1) is 12.0 Å². The van der Waals surface area contributed by atoms with E-state index in [0.717, 1.165) is 44.9 Å². The summed E-state index contributed by atoms with van der Waals surface area (Å²) in [5, 5.41) is 13.2. The van der Waals surface area contributed by atoms with Gasteiger partial charge < -0.3 is 15.3 Å². The molecule has 1 saturated carbocycles. The van der Waals surface area contributed by atoms with Crippen LogP contribution in [0.4, 0.5) is 0 Å². The Labute approximate surface area is 102 Å². The molecule has 0 bridgehead atoms. The average molecular weight is 238 g/mol. The fraction of sp³-hybridized carbons (Fsp3) is 0.923. The Morgan fingerprint density at radius 2 is 2.06 bits per heavy atom. The first kappa shape index (κ1) is 11.5. The van der Waals surface area contributed by atoms with Gasteiger partial charge in [-0.05, 0) is 18.8 Å². The first-order chi connectivity index (χ1) is 8.24. The number of carbonyl (C=O) groups excluding carboxylic acids is 1. The smallest absolute Gasteiger partial charge is 0.228 e. The second kappa shape index (κ2) is 4.58. The highest BCUT2D eigenvalue weighted by Gasteiger charge is 2.37. The summed E-state index contributed by atoms with van der Waals surface area (Å²) in [6.07, 6.45) is 4.35. The van der Waals surface area contributed by atoms with Crippen LogP contribution >= 0.6 is 0 Å². The predicted octanol–water partition coefficient (Wildman–Crippen LogP) is 0.215. The third kappa shape index (κ3) is 2.47. The minimum Gasteiger partial charge on any atom is -0.393 e. The Morgan fingerprint density at radius 1 is 1.29 bits per heavy atom. The van der Waals surface area contributed by atoms with Crippen molar-refractivity contribution >= 4 is 5.91 Å². The molecule has 4 nitrogen and oxygen atoms in total. The van der Waals surface area contributed by atoms with Crippen molar-refractivity contribution in [1.29, 1.82) is 0 Å². The van der Waals surface area contributed by atoms with Crippen LogP contribution < -0.4 is 5.32 Å². The van der Waals surface area contributed by atoms with Crippen molar-refractivity contribution in [2.75, 3.05) is 26.2 Å². The molecule has 0 aromatic carbocycles. The minimum absolute atomic E-state index is 0.181. The van der Waals surface area contributed by atoms with Gasteiger partial charge >= 0.3 is 0 Å². The normalized spacial score (nSPS) is 34.5. The number of aliphatic hydroxyl groups is 1. The Hall–Kier alpha value is -0.610. The van der Waals surface area contributed by atoms with Crippen molar-refractivity contribution < 1.29 is 9.90 Å². The number of piperidine rings is 1. The molecule has 17 heavy (non-hydrogen) atoms. The summed E-state index contributed by atoms with van der Waals surface area (Å²) < 4.78 is 0. The summed E-state index contributed by atoms with van der Waals surface area (Å²) in [6, 6.07) is 0. The molecule has 3 aliphatic rings. The number of aliphatic hydroxyl groups excluding tert-OH is 1. The van der Waals surface area contributed by atoms with Gasteiger partial charge in [-0.1, -0.05) is 12.8 Å². The van der Waals surface area contributed by atoms with Crippen LogP contribution in [0.25, 0.3) is 0 Å². The van der Waals surface area contributed by atoms with Gasteiger partial charge in [-0.2, -0.15) is 0 Å². The number of likely N-dealkylation sites (tertiary alicyclic amines) is 1. The van der Waals surface area contributed by atoms with Crippen molar-refractivity contribution in [1.82, 2.24) is 10.2 Å². The van der Waals surface area contributed by atoms with Crippen molar-refractivity contribution in [3.63, 3.8) is 0 Å². The van der Waals surface area contributed by atoms with Gasteiger partial charge in [0.2, 0.25) is 5.91 Å².